The van der Waals surface area contributed by atoms with Crippen LogP contribution >= 0.6 is 23.2 Å². The molecule has 0 unspecified atom stereocenters. The van der Waals surface area contributed by atoms with Gasteiger partial charge in [-0.3, -0.25) is 4.79 Å². The summed E-state index contributed by atoms with van der Waals surface area (Å²) < 4.78 is 11.6. The van der Waals surface area contributed by atoms with E-state index in [9.17, 15) is 4.79 Å². The molecule has 0 aliphatic carbocycles. The third-order valence-electron chi connectivity index (χ3n) is 5.16. The molecule has 0 saturated heterocycles. The van der Waals surface area contributed by atoms with Crippen LogP contribution < -0.4 is 5.32 Å². The van der Waals surface area contributed by atoms with E-state index in [0.717, 1.165) is 16.7 Å². The van der Waals surface area contributed by atoms with Crippen LogP contribution in [-0.4, -0.2) is 10.9 Å². The molecular formula is C26H18Cl2N2O3. The largest absolute Gasteiger partial charge is 0.451 e. The second kappa shape index (κ2) is 8.43. The molecule has 33 heavy (non-hydrogen) atoms. The number of hydrogen-bond donors (Lipinski definition) is 1. The first-order valence-electron chi connectivity index (χ1n) is 10.2. The van der Waals surface area contributed by atoms with Gasteiger partial charge in [0, 0.05) is 16.8 Å². The van der Waals surface area contributed by atoms with Crippen LogP contribution in [0.2, 0.25) is 10.0 Å². The maximum absolute atomic E-state index is 12.7. The SMILES string of the molecule is Cc1cc(C)cc(-c2nc3cc(NC(=O)c4ccc(-c5cccc(Cl)c5Cl)o4)ccc3o2)c1. The summed E-state index contributed by atoms with van der Waals surface area (Å²) in [5.74, 6) is 0.751. The predicted molar refractivity (Wildman–Crippen MR) is 131 cm³/mol. The molecule has 0 atom stereocenters. The van der Waals surface area contributed by atoms with Gasteiger partial charge in [0.1, 0.15) is 11.3 Å². The second-order valence-electron chi connectivity index (χ2n) is 7.80. The number of aromatic nitrogens is 1. The molecule has 1 N–H and O–H groups in total. The molecule has 7 heteroatoms. The fourth-order valence-electron chi connectivity index (χ4n) is 3.72. The lowest BCUT2D eigenvalue weighted by molar-refractivity contribution is 0.0997. The van der Waals surface area contributed by atoms with Gasteiger partial charge in [-0.15, -0.1) is 0 Å². The first-order chi connectivity index (χ1) is 15.9. The minimum atomic E-state index is -0.392. The van der Waals surface area contributed by atoms with Gasteiger partial charge in [0.25, 0.3) is 5.91 Å². The zero-order valence-corrected chi connectivity index (χ0v) is 19.3. The van der Waals surface area contributed by atoms with Crippen molar-refractivity contribution < 1.29 is 13.6 Å². The lowest BCUT2D eigenvalue weighted by Gasteiger charge is -2.04. The van der Waals surface area contributed by atoms with Crippen LogP contribution in [0.25, 0.3) is 33.9 Å². The van der Waals surface area contributed by atoms with Crippen LogP contribution in [0.3, 0.4) is 0 Å². The number of nitrogens with zero attached hydrogens (tertiary/aromatic N) is 1. The minimum Gasteiger partial charge on any atom is -0.451 e. The summed E-state index contributed by atoms with van der Waals surface area (Å²) in [4.78, 5) is 17.3. The van der Waals surface area contributed by atoms with Gasteiger partial charge in [-0.2, -0.15) is 0 Å². The Morgan fingerprint density at radius 3 is 2.48 bits per heavy atom. The molecule has 5 nitrogen and oxygen atoms in total. The number of hydrogen-bond acceptors (Lipinski definition) is 4. The standard InChI is InChI=1S/C26H18Cl2N2O3/c1-14-10-15(2)12-16(11-14)26-30-20-13-17(6-7-22(20)33-26)29-25(31)23-9-8-21(32-23)18-4-3-5-19(27)24(18)28/h3-13H,1-2H3,(H,29,31). The van der Waals surface area contributed by atoms with E-state index in [1.165, 1.54) is 0 Å². The van der Waals surface area contributed by atoms with Crippen LogP contribution in [0, 0.1) is 13.8 Å². The Bertz CT molecular complexity index is 1500. The Kier molecular flexibility index (Phi) is 5.44. The molecule has 1 amide bonds. The summed E-state index contributed by atoms with van der Waals surface area (Å²) in [5, 5.41) is 3.62. The van der Waals surface area contributed by atoms with E-state index in [1.54, 1.807) is 48.5 Å². The van der Waals surface area contributed by atoms with E-state index in [-0.39, 0.29) is 5.76 Å². The molecule has 0 aliphatic rings. The first kappa shape index (κ1) is 21.3. The number of fused-ring (bicyclic) bond motifs is 1. The highest BCUT2D eigenvalue weighted by atomic mass is 35.5. The van der Waals surface area contributed by atoms with Crippen molar-refractivity contribution in [1.82, 2.24) is 4.98 Å². The number of amides is 1. The molecule has 0 radical (unpaired) electrons. The number of benzene rings is 3. The number of carbonyl (C=O) groups is 1. The summed E-state index contributed by atoms with van der Waals surface area (Å²) in [6.07, 6.45) is 0. The fraction of sp³-hybridized carbons (Fsp3) is 0.0769. The summed E-state index contributed by atoms with van der Waals surface area (Å²) in [6, 6.07) is 20.0. The van der Waals surface area contributed by atoms with Crippen molar-refractivity contribution in [2.75, 3.05) is 5.32 Å². The van der Waals surface area contributed by atoms with E-state index in [1.807, 2.05) is 26.0 Å². The number of furan rings is 1. The number of oxazole rings is 1. The first-order valence-corrected chi connectivity index (χ1v) is 11.0. The average molecular weight is 477 g/mol. The highest BCUT2D eigenvalue weighted by Crippen LogP contribution is 2.34. The minimum absolute atomic E-state index is 0.150. The van der Waals surface area contributed by atoms with Gasteiger partial charge in [-0.25, -0.2) is 4.98 Å². The number of rotatable bonds is 4. The van der Waals surface area contributed by atoms with Crippen LogP contribution in [0.4, 0.5) is 5.69 Å². The third kappa shape index (κ3) is 4.25. The van der Waals surface area contributed by atoms with Gasteiger partial charge >= 0.3 is 0 Å². The van der Waals surface area contributed by atoms with E-state index in [0.29, 0.717) is 44.0 Å². The molecule has 0 bridgehead atoms. The maximum Gasteiger partial charge on any atom is 0.291 e. The van der Waals surface area contributed by atoms with E-state index < -0.39 is 5.91 Å². The van der Waals surface area contributed by atoms with Crippen molar-refractivity contribution in [1.29, 1.82) is 0 Å². The van der Waals surface area contributed by atoms with Gasteiger partial charge in [0.05, 0.1) is 10.0 Å². The van der Waals surface area contributed by atoms with Crippen LogP contribution in [0.15, 0.2) is 75.6 Å². The second-order valence-corrected chi connectivity index (χ2v) is 8.58. The number of aryl methyl sites for hydroxylation is 2. The van der Waals surface area contributed by atoms with Crippen molar-refractivity contribution in [3.63, 3.8) is 0 Å². The van der Waals surface area contributed by atoms with Crippen molar-refractivity contribution in [3.8, 4) is 22.8 Å². The lowest BCUT2D eigenvalue weighted by Crippen LogP contribution is -2.10. The molecule has 0 aliphatic heterocycles. The molecule has 2 aromatic heterocycles. The Morgan fingerprint density at radius 2 is 1.70 bits per heavy atom. The molecule has 164 valence electrons. The van der Waals surface area contributed by atoms with Gasteiger partial charge in [0.15, 0.2) is 11.3 Å². The average Bonchev–Trinajstić information content (AvgIpc) is 3.42. The summed E-state index contributed by atoms with van der Waals surface area (Å²) in [5.41, 5.74) is 5.66. The Balaban J connectivity index is 1.39. The van der Waals surface area contributed by atoms with Gasteiger partial charge in [-0.05, 0) is 68.4 Å². The quantitative estimate of drug-likeness (QED) is 0.285. The summed E-state index contributed by atoms with van der Waals surface area (Å²) in [7, 11) is 0. The zero-order valence-electron chi connectivity index (χ0n) is 17.8. The Hall–Kier alpha value is -3.54. The topological polar surface area (TPSA) is 68.3 Å². The zero-order chi connectivity index (χ0) is 23.1. The molecule has 5 rings (SSSR count). The monoisotopic (exact) mass is 476 g/mol. The van der Waals surface area contributed by atoms with Crippen molar-refractivity contribution in [2.45, 2.75) is 13.8 Å². The highest BCUT2D eigenvalue weighted by molar-refractivity contribution is 6.43. The normalized spacial score (nSPS) is 11.2. The third-order valence-corrected chi connectivity index (χ3v) is 5.98. The number of anilines is 1. The van der Waals surface area contributed by atoms with Crippen LogP contribution in [-0.2, 0) is 0 Å². The Labute approximate surface area is 200 Å². The molecule has 0 spiro atoms. The summed E-state index contributed by atoms with van der Waals surface area (Å²) in [6.45, 7) is 4.07. The fourth-order valence-corrected chi connectivity index (χ4v) is 4.11. The van der Waals surface area contributed by atoms with Crippen molar-refractivity contribution in [3.05, 3.63) is 93.7 Å². The van der Waals surface area contributed by atoms with Crippen LogP contribution in [0.5, 0.6) is 0 Å². The molecule has 3 aromatic carbocycles. The number of nitrogens with one attached hydrogen (secondary N) is 1. The highest BCUT2D eigenvalue weighted by Gasteiger charge is 2.16. The molecule has 5 aromatic rings. The van der Waals surface area contributed by atoms with Gasteiger partial charge in [-0.1, -0.05) is 46.5 Å². The van der Waals surface area contributed by atoms with E-state index >= 15 is 0 Å². The van der Waals surface area contributed by atoms with E-state index in [4.69, 9.17) is 32.0 Å². The van der Waals surface area contributed by atoms with Gasteiger partial charge in [0.2, 0.25) is 5.89 Å². The molecule has 2 heterocycles. The Morgan fingerprint density at radius 1 is 0.909 bits per heavy atom. The number of carbonyl (C=O) groups excluding carboxylic acids is 1. The van der Waals surface area contributed by atoms with Crippen LogP contribution in [0.1, 0.15) is 21.7 Å². The van der Waals surface area contributed by atoms with Crippen molar-refractivity contribution in [2.24, 2.45) is 0 Å². The number of halogens is 2. The van der Waals surface area contributed by atoms with E-state index in [2.05, 4.69) is 16.4 Å². The van der Waals surface area contributed by atoms with Crippen molar-refractivity contribution >= 4 is 45.9 Å². The molecule has 0 saturated carbocycles. The van der Waals surface area contributed by atoms with Gasteiger partial charge < -0.3 is 14.2 Å². The molecule has 0 fully saturated rings. The summed E-state index contributed by atoms with van der Waals surface area (Å²) >= 11 is 12.3. The predicted octanol–water partition coefficient (Wildman–Crippen LogP) is 7.93. The smallest absolute Gasteiger partial charge is 0.291 e. The lowest BCUT2D eigenvalue weighted by atomic mass is 10.1. The maximum atomic E-state index is 12.7. The molecular weight excluding hydrogens is 459 g/mol.